The number of hydrogen-bond donors (Lipinski definition) is 2. The number of hydrogen-bond acceptors (Lipinski definition) is 7. The van der Waals surface area contributed by atoms with Crippen LogP contribution in [0.1, 0.15) is 32.0 Å². The lowest BCUT2D eigenvalue weighted by Crippen LogP contribution is -2.24. The fourth-order valence-corrected chi connectivity index (χ4v) is 1.86. The van der Waals surface area contributed by atoms with Gasteiger partial charge in [0.1, 0.15) is 5.69 Å². The maximum atomic E-state index is 11.3. The number of aromatic nitrogens is 3. The van der Waals surface area contributed by atoms with Gasteiger partial charge >= 0.3 is 5.69 Å². The van der Waals surface area contributed by atoms with Gasteiger partial charge in [-0.2, -0.15) is 15.2 Å². The molecule has 0 saturated heterocycles. The number of aromatic amines is 1. The van der Waals surface area contributed by atoms with Crippen molar-refractivity contribution in [2.45, 2.75) is 26.2 Å². The molecule has 1 aromatic heterocycles. The summed E-state index contributed by atoms with van der Waals surface area (Å²) >= 11 is 0. The molecule has 2 aromatic rings. The van der Waals surface area contributed by atoms with Crippen LogP contribution in [0.2, 0.25) is 0 Å². The lowest BCUT2D eigenvalue weighted by Gasteiger charge is -2.18. The van der Waals surface area contributed by atoms with Crippen molar-refractivity contribution in [1.82, 2.24) is 15.2 Å². The van der Waals surface area contributed by atoms with E-state index in [1.54, 1.807) is 18.2 Å². The van der Waals surface area contributed by atoms with Crippen LogP contribution in [0.5, 0.6) is 0 Å². The number of para-hydroxylation sites is 1. The summed E-state index contributed by atoms with van der Waals surface area (Å²) < 4.78 is 0. The highest BCUT2D eigenvalue weighted by Crippen LogP contribution is 2.24. The molecule has 0 radical (unpaired) electrons. The normalized spacial score (nSPS) is 11.6. The smallest absolute Gasteiger partial charge is 0.260 e. The molecule has 0 amide bonds. The first-order chi connectivity index (χ1) is 10.8. The van der Waals surface area contributed by atoms with Crippen LogP contribution in [0.25, 0.3) is 0 Å². The van der Waals surface area contributed by atoms with E-state index in [0.29, 0.717) is 11.3 Å². The first kappa shape index (κ1) is 16.3. The second kappa shape index (κ2) is 6.34. The van der Waals surface area contributed by atoms with Crippen molar-refractivity contribution < 1.29 is 4.92 Å². The molecule has 23 heavy (non-hydrogen) atoms. The van der Waals surface area contributed by atoms with E-state index in [4.69, 9.17) is 0 Å². The molecule has 2 N–H and O–H groups in total. The van der Waals surface area contributed by atoms with E-state index in [1.165, 1.54) is 12.3 Å². The van der Waals surface area contributed by atoms with E-state index >= 15 is 0 Å². The lowest BCUT2D eigenvalue weighted by atomic mass is 9.92. The molecule has 0 atom stereocenters. The van der Waals surface area contributed by atoms with E-state index in [1.807, 2.05) is 20.8 Å². The predicted octanol–water partition coefficient (Wildman–Crippen LogP) is 1.82. The van der Waals surface area contributed by atoms with E-state index in [0.717, 1.165) is 0 Å². The topological polar surface area (TPSA) is 126 Å². The van der Waals surface area contributed by atoms with Crippen molar-refractivity contribution in [2.24, 2.45) is 5.10 Å². The SMILES string of the molecule is CC(C)(C)c1n[nH]c(=O)nc1N/N=C/c1ccccc1[N+](=O)[O-]. The summed E-state index contributed by atoms with van der Waals surface area (Å²) in [5, 5.41) is 21.1. The largest absolute Gasteiger partial charge is 0.363 e. The Hall–Kier alpha value is -3.10. The summed E-state index contributed by atoms with van der Waals surface area (Å²) in [6, 6.07) is 6.19. The Morgan fingerprint density at radius 1 is 1.35 bits per heavy atom. The van der Waals surface area contributed by atoms with Gasteiger partial charge in [0, 0.05) is 11.5 Å². The van der Waals surface area contributed by atoms with E-state index in [-0.39, 0.29) is 16.9 Å². The van der Waals surface area contributed by atoms with Crippen LogP contribution >= 0.6 is 0 Å². The molecule has 1 aromatic carbocycles. The standard InChI is InChI=1S/C14H16N6O3/c1-14(2,3)11-12(16-13(21)19-17-11)18-15-8-9-6-4-5-7-10(9)20(22)23/h4-8H,1-3H3,(H2,16,18,19,21)/b15-8+. The number of nitro groups is 1. The van der Waals surface area contributed by atoms with E-state index in [9.17, 15) is 14.9 Å². The molecule has 0 saturated carbocycles. The van der Waals surface area contributed by atoms with Crippen LogP contribution in [0.3, 0.4) is 0 Å². The number of nitrogens with one attached hydrogen (secondary N) is 2. The number of anilines is 1. The Balaban J connectivity index is 2.30. The van der Waals surface area contributed by atoms with Crippen molar-refractivity contribution in [1.29, 1.82) is 0 Å². The van der Waals surface area contributed by atoms with E-state index < -0.39 is 10.6 Å². The summed E-state index contributed by atoms with van der Waals surface area (Å²) in [7, 11) is 0. The highest BCUT2D eigenvalue weighted by Gasteiger charge is 2.21. The molecule has 120 valence electrons. The van der Waals surface area contributed by atoms with Crippen molar-refractivity contribution in [2.75, 3.05) is 5.43 Å². The number of nitrogens with zero attached hydrogens (tertiary/aromatic N) is 4. The highest BCUT2D eigenvalue weighted by atomic mass is 16.6. The quantitative estimate of drug-likeness (QED) is 0.503. The maximum absolute atomic E-state index is 11.3. The van der Waals surface area contributed by atoms with Gasteiger partial charge in [0.25, 0.3) is 5.69 Å². The third-order valence-corrected chi connectivity index (χ3v) is 2.92. The van der Waals surface area contributed by atoms with Gasteiger partial charge in [-0.05, 0) is 6.07 Å². The zero-order valence-electron chi connectivity index (χ0n) is 12.9. The molecule has 0 aliphatic heterocycles. The molecule has 2 rings (SSSR count). The monoisotopic (exact) mass is 316 g/mol. The molecule has 0 spiro atoms. The van der Waals surface area contributed by atoms with E-state index in [2.05, 4.69) is 25.7 Å². The molecule has 1 heterocycles. The Morgan fingerprint density at radius 2 is 2.04 bits per heavy atom. The molecule has 9 heteroatoms. The van der Waals surface area contributed by atoms with Gasteiger partial charge in [-0.25, -0.2) is 9.89 Å². The molecule has 0 aliphatic carbocycles. The summed E-state index contributed by atoms with van der Waals surface area (Å²) in [5.74, 6) is 0.205. The maximum Gasteiger partial charge on any atom is 0.363 e. The van der Waals surface area contributed by atoms with Crippen molar-refractivity contribution in [3.63, 3.8) is 0 Å². The third-order valence-electron chi connectivity index (χ3n) is 2.92. The number of nitro benzene ring substituents is 1. The average Bonchev–Trinajstić information content (AvgIpc) is 2.46. The van der Waals surface area contributed by atoms with Gasteiger partial charge in [0.15, 0.2) is 5.82 Å². The Morgan fingerprint density at radius 3 is 2.70 bits per heavy atom. The first-order valence-electron chi connectivity index (χ1n) is 6.79. The second-order valence-corrected chi connectivity index (χ2v) is 5.77. The minimum Gasteiger partial charge on any atom is -0.260 e. The molecule has 9 nitrogen and oxygen atoms in total. The van der Waals surface area contributed by atoms with Crippen LogP contribution in [-0.4, -0.2) is 26.3 Å². The number of rotatable bonds is 4. The Labute approximate surface area is 131 Å². The van der Waals surface area contributed by atoms with Crippen LogP contribution in [0, 0.1) is 10.1 Å². The molecular formula is C14H16N6O3. The first-order valence-corrected chi connectivity index (χ1v) is 6.79. The van der Waals surface area contributed by atoms with Crippen LogP contribution in [0.4, 0.5) is 11.5 Å². The lowest BCUT2D eigenvalue weighted by molar-refractivity contribution is -0.385. The number of benzene rings is 1. The van der Waals surface area contributed by atoms with Gasteiger partial charge < -0.3 is 0 Å². The van der Waals surface area contributed by atoms with Crippen LogP contribution in [-0.2, 0) is 5.41 Å². The molecule has 0 bridgehead atoms. The predicted molar refractivity (Wildman–Crippen MR) is 85.7 cm³/mol. The molecule has 0 unspecified atom stereocenters. The minimum absolute atomic E-state index is 0.0638. The van der Waals surface area contributed by atoms with Crippen LogP contribution < -0.4 is 11.1 Å². The zero-order valence-corrected chi connectivity index (χ0v) is 12.9. The van der Waals surface area contributed by atoms with Gasteiger partial charge in [0.2, 0.25) is 0 Å². The fourth-order valence-electron chi connectivity index (χ4n) is 1.86. The van der Waals surface area contributed by atoms with Crippen molar-refractivity contribution >= 4 is 17.7 Å². The molecule has 0 fully saturated rings. The third kappa shape index (κ3) is 3.96. The molecule has 0 aliphatic rings. The summed E-state index contributed by atoms with van der Waals surface area (Å²) in [5.41, 5.74) is 2.45. The number of hydrazone groups is 1. The molecular weight excluding hydrogens is 300 g/mol. The summed E-state index contributed by atoms with van der Waals surface area (Å²) in [6.45, 7) is 5.73. The van der Waals surface area contributed by atoms with Gasteiger partial charge in [-0.1, -0.05) is 32.9 Å². The van der Waals surface area contributed by atoms with Gasteiger partial charge in [-0.3, -0.25) is 15.5 Å². The summed E-state index contributed by atoms with van der Waals surface area (Å²) in [4.78, 5) is 25.6. The fraction of sp³-hybridized carbons (Fsp3) is 0.286. The van der Waals surface area contributed by atoms with Crippen molar-refractivity contribution in [3.05, 3.63) is 56.1 Å². The minimum atomic E-state index is -0.610. The number of H-pyrrole nitrogens is 1. The summed E-state index contributed by atoms with van der Waals surface area (Å²) in [6.07, 6.45) is 1.30. The van der Waals surface area contributed by atoms with Gasteiger partial charge in [-0.15, -0.1) is 0 Å². The van der Waals surface area contributed by atoms with Gasteiger partial charge in [0.05, 0.1) is 16.7 Å². The second-order valence-electron chi connectivity index (χ2n) is 5.77. The zero-order chi connectivity index (χ0) is 17.0. The van der Waals surface area contributed by atoms with Crippen LogP contribution in [0.15, 0.2) is 34.2 Å². The highest BCUT2D eigenvalue weighted by molar-refractivity contribution is 5.85. The Kier molecular flexibility index (Phi) is 4.49. The Bertz CT molecular complexity index is 807. The average molecular weight is 316 g/mol. The van der Waals surface area contributed by atoms with Crippen molar-refractivity contribution in [3.8, 4) is 0 Å².